The summed E-state index contributed by atoms with van der Waals surface area (Å²) in [6, 6.07) is 0.512. The maximum atomic E-state index is 12.0. The second-order valence-corrected chi connectivity index (χ2v) is 7.21. The molecule has 2 N–H and O–H groups in total. The molecule has 0 saturated carbocycles. The summed E-state index contributed by atoms with van der Waals surface area (Å²) in [5.41, 5.74) is 5.70. The molecule has 1 amide bonds. The third kappa shape index (κ3) is 4.80. The number of rotatable bonds is 6. The van der Waals surface area contributed by atoms with Crippen molar-refractivity contribution in [1.82, 2.24) is 19.4 Å². The third-order valence-electron chi connectivity index (χ3n) is 5.38. The van der Waals surface area contributed by atoms with E-state index in [1.807, 2.05) is 12.4 Å². The normalized spacial score (nSPS) is 24.3. The van der Waals surface area contributed by atoms with Crippen LogP contribution in [0, 0.1) is 5.92 Å². The van der Waals surface area contributed by atoms with Gasteiger partial charge in [0, 0.05) is 64.4 Å². The summed E-state index contributed by atoms with van der Waals surface area (Å²) in [5.74, 6) is 0.755. The van der Waals surface area contributed by atoms with E-state index in [1.165, 1.54) is 0 Å². The molecule has 7 heteroatoms. The number of carbonyl (C=O) groups is 1. The van der Waals surface area contributed by atoms with E-state index in [0.717, 1.165) is 71.0 Å². The molecule has 25 heavy (non-hydrogen) atoms. The van der Waals surface area contributed by atoms with Crippen LogP contribution in [0.4, 0.5) is 0 Å². The topological polar surface area (TPSA) is 76.6 Å². The quantitative estimate of drug-likeness (QED) is 0.818. The van der Waals surface area contributed by atoms with E-state index < -0.39 is 0 Å². The summed E-state index contributed by atoms with van der Waals surface area (Å²) in [5, 5.41) is 0. The fourth-order valence-corrected chi connectivity index (χ4v) is 3.95. The first-order chi connectivity index (χ1) is 12.2. The molecule has 0 radical (unpaired) electrons. The molecule has 0 spiro atoms. The highest BCUT2D eigenvalue weighted by atomic mass is 16.5. The number of imidazole rings is 1. The van der Waals surface area contributed by atoms with Crippen LogP contribution in [-0.4, -0.2) is 70.7 Å². The highest BCUT2D eigenvalue weighted by Gasteiger charge is 2.31. The molecule has 7 nitrogen and oxygen atoms in total. The zero-order chi connectivity index (χ0) is 17.6. The van der Waals surface area contributed by atoms with Crippen LogP contribution in [0.5, 0.6) is 0 Å². The Kier molecular flexibility index (Phi) is 6.45. The summed E-state index contributed by atoms with van der Waals surface area (Å²) >= 11 is 0. The molecule has 0 unspecified atom stereocenters. The smallest absolute Gasteiger partial charge is 0.223 e. The van der Waals surface area contributed by atoms with Crippen LogP contribution in [0.1, 0.15) is 32.0 Å². The van der Waals surface area contributed by atoms with Crippen LogP contribution in [0.25, 0.3) is 0 Å². The van der Waals surface area contributed by atoms with Gasteiger partial charge in [0.25, 0.3) is 0 Å². The summed E-state index contributed by atoms with van der Waals surface area (Å²) < 4.78 is 7.69. The molecule has 1 aromatic heterocycles. The first-order valence-electron chi connectivity index (χ1n) is 9.50. The van der Waals surface area contributed by atoms with Crippen molar-refractivity contribution in [1.29, 1.82) is 0 Å². The van der Waals surface area contributed by atoms with Gasteiger partial charge in [0.2, 0.25) is 5.91 Å². The van der Waals surface area contributed by atoms with E-state index in [-0.39, 0.29) is 11.8 Å². The second kappa shape index (κ2) is 8.78. The van der Waals surface area contributed by atoms with Gasteiger partial charge in [-0.05, 0) is 19.3 Å². The zero-order valence-electron chi connectivity index (χ0n) is 15.3. The van der Waals surface area contributed by atoms with Gasteiger partial charge in [-0.2, -0.15) is 0 Å². The number of aromatic nitrogens is 2. The molecule has 2 aliphatic heterocycles. The predicted molar refractivity (Wildman–Crippen MR) is 95.9 cm³/mol. The molecule has 140 valence electrons. The number of primary amides is 1. The molecule has 0 aromatic carbocycles. The van der Waals surface area contributed by atoms with E-state index in [1.54, 1.807) is 0 Å². The van der Waals surface area contributed by atoms with Crippen LogP contribution < -0.4 is 5.73 Å². The molecule has 2 aliphatic rings. The Labute approximate surface area is 150 Å². The van der Waals surface area contributed by atoms with Crippen molar-refractivity contribution >= 4 is 5.91 Å². The highest BCUT2D eigenvalue weighted by molar-refractivity contribution is 5.77. The van der Waals surface area contributed by atoms with Gasteiger partial charge in [0.15, 0.2) is 0 Å². The third-order valence-corrected chi connectivity index (χ3v) is 5.38. The minimum Gasteiger partial charge on any atom is -0.381 e. The Morgan fingerprint density at radius 2 is 2.12 bits per heavy atom. The molecule has 0 aliphatic carbocycles. The molecule has 2 fully saturated rings. The molecular formula is C18H31N5O2. The lowest BCUT2D eigenvalue weighted by atomic mass is 10.0. The second-order valence-electron chi connectivity index (χ2n) is 7.21. The molecule has 1 atom stereocenters. The van der Waals surface area contributed by atoms with Gasteiger partial charge in [-0.1, -0.05) is 6.92 Å². The van der Waals surface area contributed by atoms with Crippen molar-refractivity contribution in [3.63, 3.8) is 0 Å². The van der Waals surface area contributed by atoms with Gasteiger partial charge in [-0.3, -0.25) is 14.6 Å². The number of ether oxygens (including phenoxy) is 1. The van der Waals surface area contributed by atoms with Gasteiger partial charge in [0.05, 0.1) is 12.5 Å². The van der Waals surface area contributed by atoms with E-state index in [9.17, 15) is 4.79 Å². The average molecular weight is 349 g/mol. The lowest BCUT2D eigenvalue weighted by molar-refractivity contribution is -0.122. The van der Waals surface area contributed by atoms with Crippen molar-refractivity contribution in [3.05, 3.63) is 18.2 Å². The maximum Gasteiger partial charge on any atom is 0.223 e. The summed E-state index contributed by atoms with van der Waals surface area (Å²) in [6.07, 6.45) is 7.09. The Balaban J connectivity index is 1.66. The fraction of sp³-hybridized carbons (Fsp3) is 0.778. The maximum absolute atomic E-state index is 12.0. The van der Waals surface area contributed by atoms with Crippen LogP contribution in [-0.2, 0) is 22.6 Å². The van der Waals surface area contributed by atoms with Crippen LogP contribution >= 0.6 is 0 Å². The Hall–Kier alpha value is -1.44. The lowest BCUT2D eigenvalue weighted by Crippen LogP contribution is -2.44. The van der Waals surface area contributed by atoms with Gasteiger partial charge < -0.3 is 15.0 Å². The molecule has 2 saturated heterocycles. The molecule has 0 bridgehead atoms. The number of hydrogen-bond acceptors (Lipinski definition) is 5. The largest absolute Gasteiger partial charge is 0.381 e. The van der Waals surface area contributed by atoms with E-state index >= 15 is 0 Å². The fourth-order valence-electron chi connectivity index (χ4n) is 3.95. The van der Waals surface area contributed by atoms with E-state index in [2.05, 4.69) is 26.3 Å². The summed E-state index contributed by atoms with van der Waals surface area (Å²) in [7, 11) is 0. The molecule has 1 aromatic rings. The molecule has 3 heterocycles. The van der Waals surface area contributed by atoms with Crippen molar-refractivity contribution in [2.45, 2.75) is 45.3 Å². The number of carbonyl (C=O) groups excluding carboxylic acids is 1. The number of aryl methyl sites for hydroxylation is 1. The molecule has 3 rings (SSSR count). The Bertz CT molecular complexity index is 555. The lowest BCUT2D eigenvalue weighted by Gasteiger charge is -2.34. The van der Waals surface area contributed by atoms with Crippen molar-refractivity contribution < 1.29 is 9.53 Å². The standard InChI is InChI=1S/C18H31N5O2/c1-2-6-22-7-5-20-17(22)14-21-8-9-23(13-15(12-21)18(19)24)16-3-10-25-11-4-16/h5,7,15-16H,2-4,6,8-14H2,1H3,(H2,19,24)/t15-/m0/s1. The minimum atomic E-state index is -0.194. The van der Waals surface area contributed by atoms with Crippen LogP contribution in [0.2, 0.25) is 0 Å². The van der Waals surface area contributed by atoms with Crippen molar-refractivity contribution in [2.24, 2.45) is 11.7 Å². The number of nitrogens with zero attached hydrogens (tertiary/aromatic N) is 4. The van der Waals surface area contributed by atoms with E-state index in [4.69, 9.17) is 10.5 Å². The van der Waals surface area contributed by atoms with Crippen LogP contribution in [0.15, 0.2) is 12.4 Å². The number of nitrogens with two attached hydrogens (primary N) is 1. The number of hydrogen-bond donors (Lipinski definition) is 1. The predicted octanol–water partition coefficient (Wildman–Crippen LogP) is 0.691. The van der Waals surface area contributed by atoms with Gasteiger partial charge in [0.1, 0.15) is 5.82 Å². The summed E-state index contributed by atoms with van der Waals surface area (Å²) in [4.78, 5) is 21.3. The monoisotopic (exact) mass is 349 g/mol. The van der Waals surface area contributed by atoms with Gasteiger partial charge in [-0.15, -0.1) is 0 Å². The van der Waals surface area contributed by atoms with Crippen molar-refractivity contribution in [2.75, 3.05) is 39.4 Å². The zero-order valence-corrected chi connectivity index (χ0v) is 15.3. The Morgan fingerprint density at radius 3 is 2.84 bits per heavy atom. The number of amides is 1. The summed E-state index contributed by atoms with van der Waals surface area (Å²) in [6.45, 7) is 8.97. The molecular weight excluding hydrogens is 318 g/mol. The average Bonchev–Trinajstić information content (AvgIpc) is 2.92. The SMILES string of the molecule is CCCn1ccnc1CN1CCN(C2CCOCC2)C[C@@H](C(N)=O)C1. The van der Waals surface area contributed by atoms with E-state index in [0.29, 0.717) is 12.6 Å². The Morgan fingerprint density at radius 1 is 1.32 bits per heavy atom. The minimum absolute atomic E-state index is 0.125. The van der Waals surface area contributed by atoms with Crippen molar-refractivity contribution in [3.8, 4) is 0 Å². The first-order valence-corrected chi connectivity index (χ1v) is 9.50. The van der Waals surface area contributed by atoms with Gasteiger partial charge >= 0.3 is 0 Å². The first kappa shape index (κ1) is 18.4. The highest BCUT2D eigenvalue weighted by Crippen LogP contribution is 2.20. The van der Waals surface area contributed by atoms with Gasteiger partial charge in [-0.25, -0.2) is 4.98 Å². The van der Waals surface area contributed by atoms with Crippen LogP contribution in [0.3, 0.4) is 0 Å².